The number of quaternary nitrogens is 1. The van der Waals surface area contributed by atoms with Crippen LogP contribution in [0.3, 0.4) is 0 Å². The van der Waals surface area contributed by atoms with Gasteiger partial charge >= 0.3 is 0 Å². The van der Waals surface area contributed by atoms with Gasteiger partial charge in [-0.3, -0.25) is 4.79 Å². The summed E-state index contributed by atoms with van der Waals surface area (Å²) in [6, 6.07) is 0.926. The zero-order valence-electron chi connectivity index (χ0n) is 5.30. The molecule has 0 fully saturated rings. The number of aromatic nitrogens is 1. The van der Waals surface area contributed by atoms with Gasteiger partial charge in [-0.1, -0.05) is 0 Å². The van der Waals surface area contributed by atoms with Crippen molar-refractivity contribution in [1.29, 1.82) is 5.41 Å². The van der Waals surface area contributed by atoms with E-state index < -0.39 is 11.5 Å². The molecule has 56 valence electrons. The Morgan fingerprint density at radius 2 is 2.40 bits per heavy atom. The van der Waals surface area contributed by atoms with E-state index in [0.29, 0.717) is 0 Å². The van der Waals surface area contributed by atoms with Gasteiger partial charge in [0, 0.05) is 5.90 Å². The second-order valence-electron chi connectivity index (χ2n) is 1.41. The number of H-pyrrole nitrogens is 1. The van der Waals surface area contributed by atoms with Crippen LogP contribution in [0.5, 0.6) is 0 Å². The number of rotatable bonds is 1. The van der Waals surface area contributed by atoms with E-state index in [-0.39, 0.29) is 11.9 Å². The summed E-state index contributed by atoms with van der Waals surface area (Å²) in [6.07, 6.45) is 0. The fourth-order valence-electron chi connectivity index (χ4n) is 0.395. The molecule has 0 aliphatic heterocycles. The molecule has 0 bridgehead atoms. The molecule has 6 nitrogen and oxygen atoms in total. The van der Waals surface area contributed by atoms with E-state index >= 15 is 0 Å². The van der Waals surface area contributed by atoms with Gasteiger partial charge in [0.2, 0.25) is 0 Å². The van der Waals surface area contributed by atoms with Crippen molar-refractivity contribution in [3.05, 3.63) is 22.2 Å². The van der Waals surface area contributed by atoms with Crippen molar-refractivity contribution in [2.45, 2.75) is 0 Å². The maximum absolute atomic E-state index is 10.2. The molecule has 0 atom stereocenters. The van der Waals surface area contributed by atoms with Crippen molar-refractivity contribution in [2.24, 2.45) is 0 Å². The zero-order valence-corrected chi connectivity index (χ0v) is 5.30. The molecule has 10 heavy (non-hydrogen) atoms. The molecular formula is C4H7N3O3. The molecule has 1 heterocycles. The van der Waals surface area contributed by atoms with Gasteiger partial charge in [-0.2, -0.15) is 5.16 Å². The van der Waals surface area contributed by atoms with E-state index in [1.807, 2.05) is 5.16 Å². The maximum atomic E-state index is 10.2. The van der Waals surface area contributed by atoms with Crippen LogP contribution in [0.2, 0.25) is 0 Å². The molecule has 0 aliphatic rings. The Hall–Kier alpha value is -1.56. The second-order valence-corrected chi connectivity index (χ2v) is 1.41. The predicted octanol–water partition coefficient (Wildman–Crippen LogP) is -0.970. The van der Waals surface area contributed by atoms with Crippen molar-refractivity contribution in [3.8, 4) is 0 Å². The van der Waals surface area contributed by atoms with Gasteiger partial charge in [0.15, 0.2) is 5.76 Å². The van der Waals surface area contributed by atoms with E-state index in [2.05, 4.69) is 4.52 Å². The van der Waals surface area contributed by atoms with Crippen LogP contribution in [0.25, 0.3) is 0 Å². The predicted molar refractivity (Wildman–Crippen MR) is 32.1 cm³/mol. The molecule has 0 unspecified atom stereocenters. The van der Waals surface area contributed by atoms with Crippen LogP contribution in [0.4, 0.5) is 0 Å². The third-order valence-electron chi connectivity index (χ3n) is 0.748. The Kier molecular flexibility index (Phi) is 2.39. The van der Waals surface area contributed by atoms with Gasteiger partial charge in [-0.15, -0.1) is 0 Å². The minimum absolute atomic E-state index is 0. The van der Waals surface area contributed by atoms with E-state index in [0.717, 1.165) is 6.07 Å². The van der Waals surface area contributed by atoms with E-state index in [1.54, 1.807) is 0 Å². The summed E-state index contributed by atoms with van der Waals surface area (Å²) in [5.74, 6) is -1.27. The van der Waals surface area contributed by atoms with Crippen LogP contribution in [-0.2, 0) is 0 Å². The minimum Gasteiger partial charge on any atom is -0.856 e. The summed E-state index contributed by atoms with van der Waals surface area (Å²) in [5, 5.41) is 18.4. The Balaban J connectivity index is 0.000000810. The number of aromatic amines is 1. The van der Waals surface area contributed by atoms with Gasteiger partial charge in [0.25, 0.3) is 5.56 Å². The smallest absolute Gasteiger partial charge is 0.280 e. The molecule has 1 rings (SSSR count). The third-order valence-corrected chi connectivity index (χ3v) is 0.748. The zero-order chi connectivity index (χ0) is 6.85. The quantitative estimate of drug-likeness (QED) is 0.347. The van der Waals surface area contributed by atoms with Gasteiger partial charge < -0.3 is 21.2 Å². The van der Waals surface area contributed by atoms with Crippen LogP contribution < -0.4 is 16.8 Å². The number of hydrogen-bond acceptors (Lipinski definition) is 4. The average molecular weight is 145 g/mol. The molecule has 6 N–H and O–H groups in total. The molecule has 6 heteroatoms. The Labute approximate surface area is 55.5 Å². The Morgan fingerprint density at radius 3 is 2.60 bits per heavy atom. The molecule has 0 aliphatic carbocycles. The summed E-state index contributed by atoms with van der Waals surface area (Å²) < 4.78 is 4.25. The van der Waals surface area contributed by atoms with Crippen molar-refractivity contribution in [3.63, 3.8) is 0 Å². The van der Waals surface area contributed by atoms with Crippen molar-refractivity contribution in [1.82, 2.24) is 11.3 Å². The summed E-state index contributed by atoms with van der Waals surface area (Å²) >= 11 is 0. The lowest BCUT2D eigenvalue weighted by Crippen LogP contribution is -2.15. The lowest BCUT2D eigenvalue weighted by Gasteiger charge is -1.97. The topological polar surface area (TPSA) is 129 Å². The van der Waals surface area contributed by atoms with Crippen LogP contribution >= 0.6 is 0 Å². The van der Waals surface area contributed by atoms with Crippen molar-refractivity contribution >= 4 is 5.90 Å². The molecule has 0 saturated heterocycles. The maximum Gasteiger partial charge on any atom is 0.280 e. The molecule has 0 aromatic carbocycles. The monoisotopic (exact) mass is 145 g/mol. The second kappa shape index (κ2) is 2.83. The fourth-order valence-corrected chi connectivity index (χ4v) is 0.395. The standard InChI is InChI=1S/C4H4N2O3.H3N/c5-4(8)2-1-3(7)6-9-2;/h1H,(H2,5,8)(H,6,7);1H3. The summed E-state index contributed by atoms with van der Waals surface area (Å²) in [4.78, 5) is 10.2. The molecule has 0 spiro atoms. The number of hydrogen-bond donors (Lipinski definition) is 3. The Morgan fingerprint density at radius 1 is 1.80 bits per heavy atom. The van der Waals surface area contributed by atoms with Gasteiger partial charge in [0.1, 0.15) is 0 Å². The molecule has 1 aromatic rings. The molecule has 0 radical (unpaired) electrons. The average Bonchev–Trinajstić information content (AvgIpc) is 2.14. The highest BCUT2D eigenvalue weighted by molar-refractivity contribution is 5.84. The Bertz CT molecular complexity index is 273. The lowest BCUT2D eigenvalue weighted by atomic mass is 10.5. The van der Waals surface area contributed by atoms with Crippen LogP contribution in [0.15, 0.2) is 15.4 Å². The molecule has 1 aromatic heterocycles. The van der Waals surface area contributed by atoms with E-state index in [4.69, 9.17) is 5.41 Å². The van der Waals surface area contributed by atoms with Crippen molar-refractivity contribution in [2.75, 3.05) is 0 Å². The summed E-state index contributed by atoms with van der Waals surface area (Å²) in [6.45, 7) is 0. The van der Waals surface area contributed by atoms with Crippen LogP contribution in [0.1, 0.15) is 5.76 Å². The van der Waals surface area contributed by atoms with Gasteiger partial charge in [0.05, 0.1) is 6.07 Å². The highest BCUT2D eigenvalue weighted by Crippen LogP contribution is 1.86. The van der Waals surface area contributed by atoms with Crippen LogP contribution in [-0.4, -0.2) is 11.1 Å². The van der Waals surface area contributed by atoms with E-state index in [9.17, 15) is 9.90 Å². The molecule has 0 amide bonds. The molecule has 0 saturated carbocycles. The van der Waals surface area contributed by atoms with Gasteiger partial charge in [-0.25, -0.2) is 0 Å². The summed E-state index contributed by atoms with van der Waals surface area (Å²) in [7, 11) is 0. The van der Waals surface area contributed by atoms with Crippen LogP contribution in [0, 0.1) is 5.41 Å². The third kappa shape index (κ3) is 1.46. The first-order valence-corrected chi connectivity index (χ1v) is 2.14. The first-order valence-electron chi connectivity index (χ1n) is 2.14. The van der Waals surface area contributed by atoms with Gasteiger partial charge in [-0.05, 0) is 0 Å². The highest BCUT2D eigenvalue weighted by atomic mass is 16.5. The minimum atomic E-state index is -1.01. The fraction of sp³-hybridized carbons (Fsp3) is 0. The SMILES string of the molecule is N=C([O-])c1cc(=O)[nH]o1.[NH4+]. The first kappa shape index (κ1) is 8.44. The lowest BCUT2D eigenvalue weighted by molar-refractivity contribution is -0.216. The van der Waals surface area contributed by atoms with E-state index in [1.165, 1.54) is 0 Å². The normalized spacial score (nSPS) is 8.40. The van der Waals surface area contributed by atoms with Crippen molar-refractivity contribution < 1.29 is 9.63 Å². The highest BCUT2D eigenvalue weighted by Gasteiger charge is 1.94. The molecular weight excluding hydrogens is 138 g/mol. The first-order chi connectivity index (χ1) is 4.20. The number of nitrogens with one attached hydrogen (secondary N) is 2. The largest absolute Gasteiger partial charge is 0.856 e. The summed E-state index contributed by atoms with van der Waals surface area (Å²) in [5.41, 5.74) is -0.509.